The molecule has 0 aliphatic carbocycles. The molecule has 6 nitrogen and oxygen atoms in total. The number of fused-ring (bicyclic) bond motifs is 6. The Hall–Kier alpha value is -3.55. The normalized spacial score (nSPS) is 16.8. The Kier molecular flexibility index (Phi) is 5.82. The van der Waals surface area contributed by atoms with Gasteiger partial charge in [0.05, 0.1) is 19.7 Å². The lowest BCUT2D eigenvalue weighted by Crippen LogP contribution is -2.39. The van der Waals surface area contributed by atoms with E-state index in [1.54, 1.807) is 26.4 Å². The number of hydrogen-bond acceptors (Lipinski definition) is 5. The summed E-state index contributed by atoms with van der Waals surface area (Å²) in [6.07, 6.45) is 1.76. The molecule has 0 spiro atoms. The zero-order chi connectivity index (χ0) is 24.8. The molecule has 1 aromatic heterocycles. The number of ether oxygens (including phenoxy) is 3. The lowest BCUT2D eigenvalue weighted by Gasteiger charge is -2.41. The molecule has 0 radical (unpaired) electrons. The first-order valence-electron chi connectivity index (χ1n) is 12.2. The molecule has 1 N–H and O–H groups in total. The molecule has 3 aromatic carbocycles. The minimum absolute atomic E-state index is 0.0498. The van der Waals surface area contributed by atoms with Gasteiger partial charge in [-0.15, -0.1) is 0 Å². The molecule has 7 heteroatoms. The van der Waals surface area contributed by atoms with Crippen LogP contribution in [0.4, 0.5) is 4.39 Å². The first-order chi connectivity index (χ1) is 17.6. The maximum Gasteiger partial charge on any atom is 0.162 e. The zero-order valence-electron chi connectivity index (χ0n) is 20.5. The van der Waals surface area contributed by atoms with Crippen molar-refractivity contribution < 1.29 is 23.7 Å². The Bertz CT molecular complexity index is 1430. The number of aliphatic hydroxyl groups is 1. The third-order valence-electron chi connectivity index (χ3n) is 7.59. The van der Waals surface area contributed by atoms with Gasteiger partial charge in [-0.05, 0) is 77.6 Å². The maximum absolute atomic E-state index is 13.3. The second-order valence-electron chi connectivity index (χ2n) is 9.44. The van der Waals surface area contributed by atoms with Crippen LogP contribution in [0.25, 0.3) is 10.9 Å². The van der Waals surface area contributed by atoms with Gasteiger partial charge >= 0.3 is 0 Å². The van der Waals surface area contributed by atoms with Gasteiger partial charge in [-0.25, -0.2) is 4.39 Å². The van der Waals surface area contributed by atoms with E-state index in [1.165, 1.54) is 34.5 Å². The van der Waals surface area contributed by atoms with Crippen LogP contribution < -0.4 is 14.2 Å². The van der Waals surface area contributed by atoms with Crippen LogP contribution in [0.5, 0.6) is 17.2 Å². The minimum Gasteiger partial charge on any atom is -0.497 e. The first kappa shape index (κ1) is 22.9. The lowest BCUT2D eigenvalue weighted by atomic mass is 9.85. The summed E-state index contributed by atoms with van der Waals surface area (Å²) in [7, 11) is 3.34. The van der Waals surface area contributed by atoms with E-state index in [2.05, 4.69) is 23.1 Å². The van der Waals surface area contributed by atoms with Crippen molar-refractivity contribution in [2.24, 2.45) is 0 Å². The molecule has 0 amide bonds. The topological polar surface area (TPSA) is 56.1 Å². The fraction of sp³-hybridized carbons (Fsp3) is 0.310. The van der Waals surface area contributed by atoms with E-state index in [1.807, 2.05) is 16.7 Å². The molecule has 6 rings (SSSR count). The second kappa shape index (κ2) is 9.15. The molecule has 0 saturated heterocycles. The number of hydrogen-bond donors (Lipinski definition) is 1. The van der Waals surface area contributed by atoms with E-state index in [4.69, 9.17) is 14.2 Å². The van der Waals surface area contributed by atoms with Crippen molar-refractivity contribution in [3.8, 4) is 17.2 Å². The largest absolute Gasteiger partial charge is 0.497 e. The van der Waals surface area contributed by atoms with Crippen LogP contribution in [0, 0.1) is 5.82 Å². The highest BCUT2D eigenvalue weighted by molar-refractivity contribution is 5.87. The third kappa shape index (κ3) is 3.79. The minimum atomic E-state index is -0.262. The van der Waals surface area contributed by atoms with E-state index < -0.39 is 0 Å². The predicted octanol–water partition coefficient (Wildman–Crippen LogP) is 4.98. The number of benzene rings is 3. The summed E-state index contributed by atoms with van der Waals surface area (Å²) in [5.41, 5.74) is 6.87. The lowest BCUT2D eigenvalue weighted by molar-refractivity contribution is 0.145. The molecule has 2 aliphatic heterocycles. The van der Waals surface area contributed by atoms with Gasteiger partial charge in [0.1, 0.15) is 24.9 Å². The van der Waals surface area contributed by atoms with Crippen LogP contribution in [-0.4, -0.2) is 35.3 Å². The number of aromatic nitrogens is 1. The van der Waals surface area contributed by atoms with Crippen molar-refractivity contribution in [3.05, 3.63) is 88.4 Å². The Morgan fingerprint density at radius 3 is 2.58 bits per heavy atom. The predicted molar refractivity (Wildman–Crippen MR) is 135 cm³/mol. The summed E-state index contributed by atoms with van der Waals surface area (Å²) in [5, 5.41) is 11.3. The molecular weight excluding hydrogens is 459 g/mol. The molecule has 2 aliphatic rings. The molecule has 4 aromatic rings. The van der Waals surface area contributed by atoms with Gasteiger partial charge in [0, 0.05) is 30.2 Å². The van der Waals surface area contributed by atoms with Crippen LogP contribution in [0.15, 0.2) is 54.6 Å². The monoisotopic (exact) mass is 488 g/mol. The SMILES string of the molecule is COc1ccc2c(c1)c1c(n2CO)CN2CCc3cc(OC)c(OCc4ccc(F)cc4)cc3C2C1. The van der Waals surface area contributed by atoms with Crippen molar-refractivity contribution in [1.29, 1.82) is 0 Å². The smallest absolute Gasteiger partial charge is 0.162 e. The summed E-state index contributed by atoms with van der Waals surface area (Å²) in [6.45, 7) is 1.99. The molecule has 0 saturated carbocycles. The number of rotatable bonds is 6. The fourth-order valence-corrected chi connectivity index (χ4v) is 5.74. The maximum atomic E-state index is 13.3. The van der Waals surface area contributed by atoms with E-state index in [0.29, 0.717) is 18.1 Å². The van der Waals surface area contributed by atoms with Crippen molar-refractivity contribution in [2.75, 3.05) is 20.8 Å². The number of aliphatic hydroxyl groups excluding tert-OH is 1. The zero-order valence-corrected chi connectivity index (χ0v) is 20.5. The van der Waals surface area contributed by atoms with Crippen LogP contribution >= 0.6 is 0 Å². The summed E-state index contributed by atoms with van der Waals surface area (Å²) in [5.74, 6) is 1.95. The average molecular weight is 489 g/mol. The Morgan fingerprint density at radius 2 is 1.83 bits per heavy atom. The highest BCUT2D eigenvalue weighted by atomic mass is 19.1. The van der Waals surface area contributed by atoms with E-state index >= 15 is 0 Å². The molecule has 36 heavy (non-hydrogen) atoms. The van der Waals surface area contributed by atoms with Crippen molar-refractivity contribution in [3.63, 3.8) is 0 Å². The summed E-state index contributed by atoms with van der Waals surface area (Å²) in [6, 6.07) is 16.8. The fourth-order valence-electron chi connectivity index (χ4n) is 5.74. The van der Waals surface area contributed by atoms with Crippen LogP contribution in [-0.2, 0) is 32.7 Å². The van der Waals surface area contributed by atoms with Gasteiger partial charge < -0.3 is 23.9 Å². The van der Waals surface area contributed by atoms with Gasteiger partial charge in [0.15, 0.2) is 11.5 Å². The van der Waals surface area contributed by atoms with E-state index in [0.717, 1.165) is 48.1 Å². The number of halogens is 1. The van der Waals surface area contributed by atoms with E-state index in [9.17, 15) is 9.50 Å². The van der Waals surface area contributed by atoms with Gasteiger partial charge in [0.2, 0.25) is 0 Å². The third-order valence-corrected chi connectivity index (χ3v) is 7.59. The molecular formula is C29H29FN2O4. The Labute approximate surface area is 209 Å². The summed E-state index contributed by atoms with van der Waals surface area (Å²) >= 11 is 0. The van der Waals surface area contributed by atoms with Crippen LogP contribution in [0.2, 0.25) is 0 Å². The molecule has 0 fully saturated rings. The van der Waals surface area contributed by atoms with Crippen molar-refractivity contribution in [1.82, 2.24) is 9.47 Å². The van der Waals surface area contributed by atoms with Crippen molar-refractivity contribution in [2.45, 2.75) is 38.8 Å². The summed E-state index contributed by atoms with van der Waals surface area (Å²) in [4.78, 5) is 2.49. The highest BCUT2D eigenvalue weighted by Gasteiger charge is 2.36. The van der Waals surface area contributed by atoms with Crippen molar-refractivity contribution >= 4 is 10.9 Å². The molecule has 1 unspecified atom stereocenters. The quantitative estimate of drug-likeness (QED) is 0.415. The van der Waals surface area contributed by atoms with Gasteiger partial charge in [-0.3, -0.25) is 4.90 Å². The highest BCUT2D eigenvalue weighted by Crippen LogP contribution is 2.45. The van der Waals surface area contributed by atoms with E-state index in [-0.39, 0.29) is 18.6 Å². The average Bonchev–Trinajstić information content (AvgIpc) is 3.22. The molecule has 0 bridgehead atoms. The van der Waals surface area contributed by atoms with Crippen LogP contribution in [0.3, 0.4) is 0 Å². The second-order valence-corrected chi connectivity index (χ2v) is 9.44. The number of nitrogens with zero attached hydrogens (tertiary/aromatic N) is 2. The van der Waals surface area contributed by atoms with Gasteiger partial charge in [-0.1, -0.05) is 12.1 Å². The molecule has 3 heterocycles. The Morgan fingerprint density at radius 1 is 1.00 bits per heavy atom. The molecule has 186 valence electrons. The summed E-state index contributed by atoms with van der Waals surface area (Å²) < 4.78 is 32.6. The molecule has 1 atom stereocenters. The standard InChI is InChI=1S/C29H29FN2O4/c1-34-21-7-8-25-23(12-21)24-13-26-22-14-29(36-16-18-3-5-20(30)6-4-18)28(35-2)11-19(22)9-10-31(26)15-27(24)32(25)17-33/h3-8,11-12,14,26,33H,9-10,13,15-17H2,1-2H3. The first-order valence-corrected chi connectivity index (χ1v) is 12.2. The van der Waals surface area contributed by atoms with Gasteiger partial charge in [-0.2, -0.15) is 0 Å². The Balaban J connectivity index is 1.37. The number of methoxy groups -OCH3 is 2. The van der Waals surface area contributed by atoms with Crippen LogP contribution in [0.1, 0.15) is 34.0 Å². The van der Waals surface area contributed by atoms with Gasteiger partial charge in [0.25, 0.3) is 0 Å².